The van der Waals surface area contributed by atoms with Crippen molar-refractivity contribution in [2.75, 3.05) is 17.2 Å². The smallest absolute Gasteiger partial charge is 0.224 e. The first kappa shape index (κ1) is 13.5. The van der Waals surface area contributed by atoms with Crippen LogP contribution in [0.4, 0.5) is 21.8 Å². The fourth-order valence-electron chi connectivity index (χ4n) is 1.47. The number of nitrogens with zero attached hydrogens (tertiary/aromatic N) is 2. The lowest BCUT2D eigenvalue weighted by Crippen LogP contribution is -2.05. The van der Waals surface area contributed by atoms with Gasteiger partial charge in [-0.3, -0.25) is 0 Å². The number of aromatic nitrogens is 2. The van der Waals surface area contributed by atoms with E-state index in [-0.39, 0.29) is 5.02 Å². The summed E-state index contributed by atoms with van der Waals surface area (Å²) >= 11 is 5.63. The Hall–Kier alpha value is -1.88. The molecule has 4 nitrogen and oxygen atoms in total. The van der Waals surface area contributed by atoms with Gasteiger partial charge in [-0.05, 0) is 30.7 Å². The summed E-state index contributed by atoms with van der Waals surface area (Å²) in [6.45, 7) is 2.87. The second kappa shape index (κ2) is 6.33. The second-order valence-electron chi connectivity index (χ2n) is 3.95. The lowest BCUT2D eigenvalue weighted by molar-refractivity contribution is 0.629. The van der Waals surface area contributed by atoms with Crippen LogP contribution in [-0.2, 0) is 0 Å². The van der Waals surface area contributed by atoms with E-state index in [0.29, 0.717) is 17.5 Å². The summed E-state index contributed by atoms with van der Waals surface area (Å²) in [5, 5.41) is 6.18. The number of rotatable bonds is 5. The maximum Gasteiger partial charge on any atom is 0.224 e. The van der Waals surface area contributed by atoms with Gasteiger partial charge < -0.3 is 10.6 Å². The minimum absolute atomic E-state index is 0.0959. The lowest BCUT2D eigenvalue weighted by Gasteiger charge is -2.08. The van der Waals surface area contributed by atoms with Crippen LogP contribution >= 0.6 is 11.6 Å². The molecule has 2 N–H and O–H groups in total. The van der Waals surface area contributed by atoms with Crippen molar-refractivity contribution >= 4 is 29.1 Å². The van der Waals surface area contributed by atoms with Gasteiger partial charge >= 0.3 is 0 Å². The molecule has 19 heavy (non-hydrogen) atoms. The molecule has 0 saturated carbocycles. The number of halogens is 2. The molecule has 0 aliphatic carbocycles. The van der Waals surface area contributed by atoms with Crippen molar-refractivity contribution in [3.63, 3.8) is 0 Å². The van der Waals surface area contributed by atoms with Crippen molar-refractivity contribution in [3.8, 4) is 0 Å². The molecule has 0 aliphatic rings. The summed E-state index contributed by atoms with van der Waals surface area (Å²) in [7, 11) is 0. The van der Waals surface area contributed by atoms with Crippen LogP contribution in [0.5, 0.6) is 0 Å². The number of anilines is 3. The fraction of sp³-hybridized carbons (Fsp3) is 0.231. The molecule has 6 heteroatoms. The lowest BCUT2D eigenvalue weighted by atomic mass is 10.3. The van der Waals surface area contributed by atoms with Crippen molar-refractivity contribution in [1.82, 2.24) is 9.97 Å². The highest BCUT2D eigenvalue weighted by molar-refractivity contribution is 6.30. The van der Waals surface area contributed by atoms with Gasteiger partial charge in [0.05, 0.1) is 5.02 Å². The first-order valence-corrected chi connectivity index (χ1v) is 6.36. The molecule has 1 heterocycles. The van der Waals surface area contributed by atoms with E-state index in [1.165, 1.54) is 12.1 Å². The number of nitrogens with one attached hydrogen (secondary N) is 2. The maximum absolute atomic E-state index is 13.3. The quantitative estimate of drug-likeness (QED) is 0.874. The third-order valence-electron chi connectivity index (χ3n) is 2.38. The molecular formula is C13H14ClFN4. The highest BCUT2D eigenvalue weighted by atomic mass is 35.5. The Bertz CT molecular complexity index is 562. The second-order valence-corrected chi connectivity index (χ2v) is 4.35. The molecule has 0 unspecified atom stereocenters. The molecule has 1 aromatic carbocycles. The van der Waals surface area contributed by atoms with E-state index in [1.807, 2.05) is 0 Å². The SMILES string of the molecule is CCCNc1nccc(Nc2ccc(Cl)c(F)c2)n1. The summed E-state index contributed by atoms with van der Waals surface area (Å²) in [6, 6.07) is 6.22. The normalized spacial score (nSPS) is 10.3. The van der Waals surface area contributed by atoms with Gasteiger partial charge in [0.1, 0.15) is 11.6 Å². The van der Waals surface area contributed by atoms with Gasteiger partial charge in [0, 0.05) is 18.4 Å². The molecule has 0 fully saturated rings. The molecular weight excluding hydrogens is 267 g/mol. The molecule has 2 aromatic rings. The molecule has 0 aliphatic heterocycles. The predicted octanol–water partition coefficient (Wildman–Crippen LogP) is 3.83. The first-order chi connectivity index (χ1) is 9.19. The molecule has 0 saturated heterocycles. The summed E-state index contributed by atoms with van der Waals surface area (Å²) in [4.78, 5) is 8.36. The zero-order valence-electron chi connectivity index (χ0n) is 10.5. The van der Waals surface area contributed by atoms with E-state index in [0.717, 1.165) is 13.0 Å². The van der Waals surface area contributed by atoms with Gasteiger partial charge in [-0.2, -0.15) is 4.98 Å². The zero-order chi connectivity index (χ0) is 13.7. The van der Waals surface area contributed by atoms with Crippen LogP contribution in [0.2, 0.25) is 5.02 Å². The Kier molecular flexibility index (Phi) is 4.52. The average Bonchev–Trinajstić information content (AvgIpc) is 2.41. The summed E-state index contributed by atoms with van der Waals surface area (Å²) in [5.41, 5.74) is 0.585. The van der Waals surface area contributed by atoms with Crippen LogP contribution in [0.1, 0.15) is 13.3 Å². The van der Waals surface area contributed by atoms with Gasteiger partial charge in [0.25, 0.3) is 0 Å². The molecule has 0 amide bonds. The van der Waals surface area contributed by atoms with Crippen molar-refractivity contribution in [2.45, 2.75) is 13.3 Å². The van der Waals surface area contributed by atoms with Crippen molar-refractivity contribution < 1.29 is 4.39 Å². The molecule has 2 rings (SSSR count). The standard InChI is InChI=1S/C13H14ClFN4/c1-2-6-16-13-17-7-5-12(19-13)18-9-3-4-10(14)11(15)8-9/h3-5,7-8H,2,6H2,1H3,(H2,16,17,18,19). The predicted molar refractivity (Wildman–Crippen MR) is 75.5 cm³/mol. The summed E-state index contributed by atoms with van der Waals surface area (Å²) < 4.78 is 13.3. The van der Waals surface area contributed by atoms with Crippen LogP contribution in [0, 0.1) is 5.82 Å². The third-order valence-corrected chi connectivity index (χ3v) is 2.69. The fourth-order valence-corrected chi connectivity index (χ4v) is 1.59. The Morgan fingerprint density at radius 1 is 1.32 bits per heavy atom. The monoisotopic (exact) mass is 280 g/mol. The Morgan fingerprint density at radius 3 is 2.89 bits per heavy atom. The van der Waals surface area contributed by atoms with E-state index >= 15 is 0 Å². The van der Waals surface area contributed by atoms with Gasteiger partial charge in [0.15, 0.2) is 0 Å². The van der Waals surface area contributed by atoms with Crippen molar-refractivity contribution in [2.24, 2.45) is 0 Å². The number of hydrogen-bond donors (Lipinski definition) is 2. The molecule has 0 radical (unpaired) electrons. The Balaban J connectivity index is 2.11. The van der Waals surface area contributed by atoms with E-state index in [9.17, 15) is 4.39 Å². The Labute approximate surface area is 116 Å². The van der Waals surface area contributed by atoms with Crippen LogP contribution < -0.4 is 10.6 Å². The van der Waals surface area contributed by atoms with Crippen LogP contribution in [0.15, 0.2) is 30.5 Å². The average molecular weight is 281 g/mol. The van der Waals surface area contributed by atoms with Crippen molar-refractivity contribution in [1.29, 1.82) is 0 Å². The van der Waals surface area contributed by atoms with E-state index in [2.05, 4.69) is 27.5 Å². The van der Waals surface area contributed by atoms with Gasteiger partial charge in [0.2, 0.25) is 5.95 Å². The number of hydrogen-bond acceptors (Lipinski definition) is 4. The largest absolute Gasteiger partial charge is 0.354 e. The first-order valence-electron chi connectivity index (χ1n) is 5.98. The Morgan fingerprint density at radius 2 is 2.16 bits per heavy atom. The van der Waals surface area contributed by atoms with E-state index < -0.39 is 5.82 Å². The highest BCUT2D eigenvalue weighted by Gasteiger charge is 2.03. The van der Waals surface area contributed by atoms with Crippen molar-refractivity contribution in [3.05, 3.63) is 41.3 Å². The third kappa shape index (κ3) is 3.79. The minimum atomic E-state index is -0.468. The minimum Gasteiger partial charge on any atom is -0.354 e. The van der Waals surface area contributed by atoms with Crippen LogP contribution in [0.25, 0.3) is 0 Å². The molecule has 0 bridgehead atoms. The molecule has 1 aromatic heterocycles. The highest BCUT2D eigenvalue weighted by Crippen LogP contribution is 2.21. The van der Waals surface area contributed by atoms with Gasteiger partial charge in [-0.1, -0.05) is 18.5 Å². The topological polar surface area (TPSA) is 49.8 Å². The summed E-state index contributed by atoms with van der Waals surface area (Å²) in [6.07, 6.45) is 2.63. The van der Waals surface area contributed by atoms with Gasteiger partial charge in [-0.25, -0.2) is 9.37 Å². The molecule has 100 valence electrons. The van der Waals surface area contributed by atoms with Gasteiger partial charge in [-0.15, -0.1) is 0 Å². The van der Waals surface area contributed by atoms with Crippen LogP contribution in [-0.4, -0.2) is 16.5 Å². The molecule has 0 atom stereocenters. The zero-order valence-corrected chi connectivity index (χ0v) is 11.2. The van der Waals surface area contributed by atoms with E-state index in [4.69, 9.17) is 11.6 Å². The molecule has 0 spiro atoms. The van der Waals surface area contributed by atoms with Crippen LogP contribution in [0.3, 0.4) is 0 Å². The van der Waals surface area contributed by atoms with E-state index in [1.54, 1.807) is 18.3 Å². The summed E-state index contributed by atoms with van der Waals surface area (Å²) in [5.74, 6) is 0.668. The maximum atomic E-state index is 13.3. The number of benzene rings is 1.